The molecule has 0 radical (unpaired) electrons. The maximum absolute atomic E-state index is 12.5. The minimum atomic E-state index is -0.465. The molecule has 3 heterocycles. The summed E-state index contributed by atoms with van der Waals surface area (Å²) in [7, 11) is 1.61. The minimum Gasteiger partial charge on any atom is -0.494 e. The van der Waals surface area contributed by atoms with Crippen molar-refractivity contribution in [2.24, 2.45) is 0 Å². The number of ether oxygens (including phenoxy) is 1. The summed E-state index contributed by atoms with van der Waals surface area (Å²) >= 11 is 6.49. The van der Waals surface area contributed by atoms with E-state index in [0.717, 1.165) is 41.0 Å². The van der Waals surface area contributed by atoms with Crippen molar-refractivity contribution in [3.05, 3.63) is 71.1 Å². The standard InChI is InChI=1S/C27H30ClN7O2/c1-4-35-22-15-23(37-3)21(14-17(22)8-7-11-24(35)36)33-26-29-16-19(28)25(34-26)32-20-10-6-5-9-18(20)27(2)30-12-13-31-27/h5-6,9-10,12-16,30-31H,4,7-8,11H2,1-3H3,(H2,29,32,33,34). The number of carbonyl (C=O) groups is 1. The summed E-state index contributed by atoms with van der Waals surface area (Å²) in [6.45, 7) is 4.65. The predicted molar refractivity (Wildman–Crippen MR) is 147 cm³/mol. The molecule has 2 aliphatic heterocycles. The van der Waals surface area contributed by atoms with Gasteiger partial charge in [-0.05, 0) is 44.4 Å². The van der Waals surface area contributed by atoms with Crippen molar-refractivity contribution in [3.63, 3.8) is 0 Å². The summed E-state index contributed by atoms with van der Waals surface area (Å²) in [5, 5.41) is 13.7. The van der Waals surface area contributed by atoms with Crippen LogP contribution in [-0.2, 0) is 16.9 Å². The maximum Gasteiger partial charge on any atom is 0.229 e. The van der Waals surface area contributed by atoms with Crippen LogP contribution in [0.2, 0.25) is 5.02 Å². The number of carbonyl (C=O) groups excluding carboxylic acids is 1. The molecule has 37 heavy (non-hydrogen) atoms. The summed E-state index contributed by atoms with van der Waals surface area (Å²) in [4.78, 5) is 23.4. The molecule has 4 N–H and O–H groups in total. The van der Waals surface area contributed by atoms with Gasteiger partial charge in [0.05, 0.1) is 24.7 Å². The fraction of sp³-hybridized carbons (Fsp3) is 0.296. The van der Waals surface area contributed by atoms with Crippen molar-refractivity contribution in [1.29, 1.82) is 0 Å². The number of aromatic nitrogens is 2. The number of rotatable bonds is 7. The van der Waals surface area contributed by atoms with Crippen LogP contribution in [0.1, 0.15) is 37.8 Å². The molecule has 10 heteroatoms. The van der Waals surface area contributed by atoms with Gasteiger partial charge < -0.3 is 30.9 Å². The van der Waals surface area contributed by atoms with Crippen LogP contribution in [0.15, 0.2) is 55.0 Å². The fourth-order valence-corrected chi connectivity index (χ4v) is 4.92. The van der Waals surface area contributed by atoms with E-state index >= 15 is 0 Å². The molecule has 192 valence electrons. The van der Waals surface area contributed by atoms with Gasteiger partial charge in [-0.2, -0.15) is 4.98 Å². The number of methoxy groups -OCH3 is 1. The first kappa shape index (κ1) is 24.7. The number of hydrogen-bond donors (Lipinski definition) is 4. The number of benzene rings is 2. The second-order valence-electron chi connectivity index (χ2n) is 9.11. The Morgan fingerprint density at radius 1 is 1.14 bits per heavy atom. The van der Waals surface area contributed by atoms with Crippen molar-refractivity contribution in [2.45, 2.75) is 38.8 Å². The molecule has 2 aliphatic rings. The molecule has 0 spiro atoms. The van der Waals surface area contributed by atoms with Gasteiger partial charge >= 0.3 is 0 Å². The van der Waals surface area contributed by atoms with E-state index in [1.54, 1.807) is 13.3 Å². The van der Waals surface area contributed by atoms with Crippen LogP contribution in [0.3, 0.4) is 0 Å². The zero-order valence-corrected chi connectivity index (χ0v) is 21.8. The highest BCUT2D eigenvalue weighted by molar-refractivity contribution is 6.32. The number of anilines is 5. The molecule has 0 unspecified atom stereocenters. The number of nitrogens with one attached hydrogen (secondary N) is 4. The molecule has 0 aliphatic carbocycles. The van der Waals surface area contributed by atoms with Crippen molar-refractivity contribution in [2.75, 3.05) is 29.2 Å². The molecule has 1 aromatic heterocycles. The first-order chi connectivity index (χ1) is 17.9. The maximum atomic E-state index is 12.5. The topological polar surface area (TPSA) is 103 Å². The van der Waals surface area contributed by atoms with Gasteiger partial charge in [0.15, 0.2) is 5.82 Å². The highest BCUT2D eigenvalue weighted by atomic mass is 35.5. The Morgan fingerprint density at radius 3 is 2.68 bits per heavy atom. The van der Waals surface area contributed by atoms with Crippen LogP contribution < -0.4 is 30.9 Å². The van der Waals surface area contributed by atoms with Crippen LogP contribution >= 0.6 is 11.6 Å². The fourth-order valence-electron chi connectivity index (χ4n) is 4.78. The van der Waals surface area contributed by atoms with E-state index in [4.69, 9.17) is 16.3 Å². The van der Waals surface area contributed by atoms with Gasteiger partial charge in [0, 0.05) is 42.7 Å². The molecule has 0 bridgehead atoms. The Kier molecular flexibility index (Phi) is 6.80. The van der Waals surface area contributed by atoms with Crippen molar-refractivity contribution < 1.29 is 9.53 Å². The monoisotopic (exact) mass is 519 g/mol. The molecule has 0 fully saturated rings. The smallest absolute Gasteiger partial charge is 0.229 e. The summed E-state index contributed by atoms with van der Waals surface area (Å²) in [6.07, 6.45) is 7.45. The largest absolute Gasteiger partial charge is 0.494 e. The Hall–Kier alpha value is -3.98. The second-order valence-corrected chi connectivity index (χ2v) is 9.51. The summed E-state index contributed by atoms with van der Waals surface area (Å²) in [6, 6.07) is 11.9. The van der Waals surface area contributed by atoms with E-state index in [1.807, 2.05) is 60.6 Å². The second kappa shape index (κ2) is 10.2. The van der Waals surface area contributed by atoms with E-state index in [2.05, 4.69) is 38.2 Å². The lowest BCUT2D eigenvalue weighted by Gasteiger charge is -2.29. The molecule has 0 saturated heterocycles. The molecule has 1 amide bonds. The van der Waals surface area contributed by atoms with Crippen molar-refractivity contribution >= 4 is 46.3 Å². The van der Waals surface area contributed by atoms with Gasteiger partial charge in [-0.25, -0.2) is 4.98 Å². The number of aryl methyl sites for hydroxylation is 1. The SMILES string of the molecule is CCN1C(=O)CCCc2cc(Nc3ncc(Cl)c(Nc4ccccc4C4(C)NC=CN4)n3)c(OC)cc21. The van der Waals surface area contributed by atoms with Crippen LogP contribution in [0.4, 0.5) is 28.8 Å². The van der Waals surface area contributed by atoms with Crippen LogP contribution in [0.25, 0.3) is 0 Å². The van der Waals surface area contributed by atoms with Crippen molar-refractivity contribution in [1.82, 2.24) is 20.6 Å². The first-order valence-electron chi connectivity index (χ1n) is 12.3. The molecule has 3 aromatic rings. The van der Waals surface area contributed by atoms with Gasteiger partial charge in [-0.15, -0.1) is 0 Å². The van der Waals surface area contributed by atoms with Crippen LogP contribution in [0.5, 0.6) is 5.75 Å². The van der Waals surface area contributed by atoms with E-state index < -0.39 is 5.66 Å². The van der Waals surface area contributed by atoms with Gasteiger partial charge in [0.2, 0.25) is 11.9 Å². The highest BCUT2D eigenvalue weighted by Gasteiger charge is 2.29. The van der Waals surface area contributed by atoms with Gasteiger partial charge in [0.25, 0.3) is 0 Å². The van der Waals surface area contributed by atoms with Crippen LogP contribution in [-0.4, -0.2) is 29.5 Å². The van der Waals surface area contributed by atoms with E-state index in [0.29, 0.717) is 35.5 Å². The van der Waals surface area contributed by atoms with Crippen LogP contribution in [0, 0.1) is 0 Å². The molecule has 0 atom stereocenters. The molecular formula is C27H30ClN7O2. The molecule has 9 nitrogen and oxygen atoms in total. The molecule has 5 rings (SSSR count). The summed E-state index contributed by atoms with van der Waals surface area (Å²) in [5.41, 5.74) is 4.08. The zero-order valence-electron chi connectivity index (χ0n) is 21.1. The lowest BCUT2D eigenvalue weighted by atomic mass is 10.00. The van der Waals surface area contributed by atoms with Gasteiger partial charge in [-0.1, -0.05) is 29.8 Å². The molecular weight excluding hydrogens is 490 g/mol. The highest BCUT2D eigenvalue weighted by Crippen LogP contribution is 2.38. The number of amides is 1. The predicted octanol–water partition coefficient (Wildman–Crippen LogP) is 5.15. The minimum absolute atomic E-state index is 0.133. The van der Waals surface area contributed by atoms with E-state index in [1.165, 1.54) is 0 Å². The van der Waals surface area contributed by atoms with Crippen molar-refractivity contribution in [3.8, 4) is 5.75 Å². The average Bonchev–Trinajstić information content (AvgIpc) is 3.28. The summed E-state index contributed by atoms with van der Waals surface area (Å²) < 4.78 is 5.67. The Bertz CT molecular complexity index is 1350. The van der Waals surface area contributed by atoms with Gasteiger partial charge in [0.1, 0.15) is 16.4 Å². The number of nitrogens with zero attached hydrogens (tertiary/aromatic N) is 3. The Labute approximate surface area is 221 Å². The lowest BCUT2D eigenvalue weighted by Crippen LogP contribution is -2.42. The van der Waals surface area contributed by atoms with Gasteiger partial charge in [-0.3, -0.25) is 4.79 Å². The zero-order chi connectivity index (χ0) is 26.0. The third-order valence-corrected chi connectivity index (χ3v) is 6.96. The molecule has 0 saturated carbocycles. The normalized spacial score (nSPS) is 15.9. The summed E-state index contributed by atoms with van der Waals surface area (Å²) in [5.74, 6) is 1.57. The van der Waals surface area contributed by atoms with E-state index in [9.17, 15) is 4.79 Å². The number of para-hydroxylation sites is 1. The third kappa shape index (κ3) is 4.86. The average molecular weight is 520 g/mol. The Balaban J connectivity index is 1.45. The Morgan fingerprint density at radius 2 is 1.92 bits per heavy atom. The third-order valence-electron chi connectivity index (χ3n) is 6.68. The first-order valence-corrected chi connectivity index (χ1v) is 12.7. The lowest BCUT2D eigenvalue weighted by molar-refractivity contribution is -0.118. The molecule has 2 aromatic carbocycles. The number of fused-ring (bicyclic) bond motifs is 1. The van der Waals surface area contributed by atoms with E-state index in [-0.39, 0.29) is 5.91 Å². The number of halogens is 1. The quantitative estimate of drug-likeness (QED) is 0.340. The number of hydrogen-bond acceptors (Lipinski definition) is 8.